The summed E-state index contributed by atoms with van der Waals surface area (Å²) >= 11 is 0. The number of aliphatic carboxylic acids is 1. The van der Waals surface area contributed by atoms with Crippen LogP contribution in [-0.4, -0.2) is 21.0 Å². The van der Waals surface area contributed by atoms with Gasteiger partial charge in [0, 0.05) is 18.2 Å². The second kappa shape index (κ2) is 3.55. The third-order valence-electron chi connectivity index (χ3n) is 2.85. The second-order valence-corrected chi connectivity index (χ2v) is 4.03. The van der Waals surface area contributed by atoms with E-state index >= 15 is 0 Å². The molecule has 0 atom stereocenters. The van der Waals surface area contributed by atoms with Gasteiger partial charge in [-0.3, -0.25) is 19.9 Å². The standard InChI is InChI=1S/C10H10N2O4/c13-9(14)10(3-4-10)5-7-1-2-8(6-11-7)12(15)16/h1-2,6H,3-5H2,(H,13,14). The zero-order valence-corrected chi connectivity index (χ0v) is 8.42. The van der Waals surface area contributed by atoms with E-state index in [9.17, 15) is 14.9 Å². The van der Waals surface area contributed by atoms with E-state index in [-0.39, 0.29) is 5.69 Å². The normalized spacial score (nSPS) is 16.8. The van der Waals surface area contributed by atoms with Crippen LogP contribution in [-0.2, 0) is 11.2 Å². The number of carbonyl (C=O) groups is 1. The smallest absolute Gasteiger partial charge is 0.310 e. The second-order valence-electron chi connectivity index (χ2n) is 4.03. The SMILES string of the molecule is O=C(O)C1(Cc2ccc([N+](=O)[O-])cn2)CC1. The minimum absolute atomic E-state index is 0.0797. The van der Waals surface area contributed by atoms with Crippen molar-refractivity contribution in [1.29, 1.82) is 0 Å². The Bertz CT molecular complexity index is 437. The van der Waals surface area contributed by atoms with Crippen LogP contribution in [0.15, 0.2) is 18.3 Å². The van der Waals surface area contributed by atoms with Gasteiger partial charge in [0.1, 0.15) is 6.20 Å². The first-order valence-corrected chi connectivity index (χ1v) is 4.86. The molecule has 1 aromatic heterocycles. The molecular weight excluding hydrogens is 212 g/mol. The topological polar surface area (TPSA) is 93.3 Å². The summed E-state index contributed by atoms with van der Waals surface area (Å²) in [6.45, 7) is 0. The summed E-state index contributed by atoms with van der Waals surface area (Å²) in [7, 11) is 0. The van der Waals surface area contributed by atoms with Crippen LogP contribution in [0.1, 0.15) is 18.5 Å². The minimum atomic E-state index is -0.812. The molecule has 16 heavy (non-hydrogen) atoms. The predicted molar refractivity (Wildman–Crippen MR) is 53.9 cm³/mol. The highest BCUT2D eigenvalue weighted by Crippen LogP contribution is 2.48. The summed E-state index contributed by atoms with van der Waals surface area (Å²) in [4.78, 5) is 24.7. The molecule has 0 unspecified atom stereocenters. The van der Waals surface area contributed by atoms with Gasteiger partial charge in [0.05, 0.1) is 10.3 Å². The number of hydrogen-bond acceptors (Lipinski definition) is 4. The van der Waals surface area contributed by atoms with Gasteiger partial charge in [-0.1, -0.05) is 0 Å². The van der Waals surface area contributed by atoms with Crippen LogP contribution in [0.3, 0.4) is 0 Å². The van der Waals surface area contributed by atoms with Crippen molar-refractivity contribution in [2.24, 2.45) is 5.41 Å². The third kappa shape index (κ3) is 1.86. The van der Waals surface area contributed by atoms with Crippen LogP contribution in [0, 0.1) is 15.5 Å². The van der Waals surface area contributed by atoms with Crippen LogP contribution >= 0.6 is 0 Å². The lowest BCUT2D eigenvalue weighted by Gasteiger charge is -2.07. The summed E-state index contributed by atoms with van der Waals surface area (Å²) < 4.78 is 0. The van der Waals surface area contributed by atoms with Gasteiger partial charge in [0.15, 0.2) is 0 Å². The number of hydrogen-bond donors (Lipinski definition) is 1. The van der Waals surface area contributed by atoms with Gasteiger partial charge in [0.2, 0.25) is 0 Å². The van der Waals surface area contributed by atoms with Crippen molar-refractivity contribution in [1.82, 2.24) is 4.98 Å². The van der Waals surface area contributed by atoms with E-state index in [4.69, 9.17) is 5.11 Å². The van der Waals surface area contributed by atoms with E-state index in [1.165, 1.54) is 12.1 Å². The molecule has 0 bridgehead atoms. The molecule has 0 amide bonds. The van der Waals surface area contributed by atoms with E-state index in [2.05, 4.69) is 4.98 Å². The van der Waals surface area contributed by atoms with Crippen molar-refractivity contribution in [2.45, 2.75) is 19.3 Å². The number of aromatic nitrogens is 1. The van der Waals surface area contributed by atoms with Gasteiger partial charge in [-0.05, 0) is 18.9 Å². The predicted octanol–water partition coefficient (Wildman–Crippen LogP) is 1.40. The average Bonchev–Trinajstić information content (AvgIpc) is 3.00. The van der Waals surface area contributed by atoms with Gasteiger partial charge in [-0.2, -0.15) is 0 Å². The molecule has 0 radical (unpaired) electrons. The van der Waals surface area contributed by atoms with Gasteiger partial charge < -0.3 is 5.11 Å². The third-order valence-corrected chi connectivity index (χ3v) is 2.85. The molecule has 0 saturated heterocycles. The van der Waals surface area contributed by atoms with Crippen molar-refractivity contribution in [3.63, 3.8) is 0 Å². The van der Waals surface area contributed by atoms with Crippen LogP contribution in [0.2, 0.25) is 0 Å². The maximum Gasteiger partial charge on any atom is 0.310 e. The number of nitro groups is 1. The quantitative estimate of drug-likeness (QED) is 0.613. The minimum Gasteiger partial charge on any atom is -0.481 e. The van der Waals surface area contributed by atoms with Crippen LogP contribution in [0.4, 0.5) is 5.69 Å². The van der Waals surface area contributed by atoms with Crippen molar-refractivity contribution < 1.29 is 14.8 Å². The fourth-order valence-electron chi connectivity index (χ4n) is 1.59. The summed E-state index contributed by atoms with van der Waals surface area (Å²) in [5, 5.41) is 19.4. The Morgan fingerprint density at radius 1 is 1.56 bits per heavy atom. The number of carboxylic acids is 1. The van der Waals surface area contributed by atoms with Crippen LogP contribution < -0.4 is 0 Å². The van der Waals surface area contributed by atoms with E-state index in [0.29, 0.717) is 25.0 Å². The first-order chi connectivity index (χ1) is 7.53. The lowest BCUT2D eigenvalue weighted by atomic mass is 10.0. The lowest BCUT2D eigenvalue weighted by molar-refractivity contribution is -0.385. The molecule has 6 nitrogen and oxygen atoms in total. The van der Waals surface area contributed by atoms with Gasteiger partial charge in [-0.15, -0.1) is 0 Å². The molecule has 1 saturated carbocycles. The maximum atomic E-state index is 10.9. The van der Waals surface area contributed by atoms with Gasteiger partial charge in [0.25, 0.3) is 5.69 Å². The average molecular weight is 222 g/mol. The van der Waals surface area contributed by atoms with E-state index < -0.39 is 16.3 Å². The summed E-state index contributed by atoms with van der Waals surface area (Å²) in [5.74, 6) is -0.812. The summed E-state index contributed by atoms with van der Waals surface area (Å²) in [6, 6.07) is 2.86. The highest BCUT2D eigenvalue weighted by molar-refractivity contribution is 5.78. The van der Waals surface area contributed by atoms with Crippen molar-refractivity contribution in [3.8, 4) is 0 Å². The largest absolute Gasteiger partial charge is 0.481 e. The molecule has 1 heterocycles. The Balaban J connectivity index is 2.12. The van der Waals surface area contributed by atoms with Crippen molar-refractivity contribution in [2.75, 3.05) is 0 Å². The van der Waals surface area contributed by atoms with Crippen molar-refractivity contribution >= 4 is 11.7 Å². The molecule has 84 valence electrons. The zero-order chi connectivity index (χ0) is 11.8. The van der Waals surface area contributed by atoms with E-state index in [1.54, 1.807) is 0 Å². The highest BCUT2D eigenvalue weighted by Gasteiger charge is 2.50. The molecule has 1 aliphatic rings. The summed E-state index contributed by atoms with van der Waals surface area (Å²) in [5.41, 5.74) is -0.169. The number of pyridine rings is 1. The molecule has 1 N–H and O–H groups in total. The fourth-order valence-corrected chi connectivity index (χ4v) is 1.59. The fraction of sp³-hybridized carbons (Fsp3) is 0.400. The number of nitrogens with zero attached hydrogens (tertiary/aromatic N) is 2. The van der Waals surface area contributed by atoms with Gasteiger partial charge in [-0.25, -0.2) is 0 Å². The molecule has 1 aliphatic carbocycles. The van der Waals surface area contributed by atoms with E-state index in [1.807, 2.05) is 0 Å². The molecule has 1 fully saturated rings. The molecule has 2 rings (SSSR count). The first-order valence-electron chi connectivity index (χ1n) is 4.86. The highest BCUT2D eigenvalue weighted by atomic mass is 16.6. The molecule has 0 spiro atoms. The Kier molecular flexibility index (Phi) is 2.34. The number of rotatable bonds is 4. The van der Waals surface area contributed by atoms with Crippen molar-refractivity contribution in [3.05, 3.63) is 34.1 Å². The van der Waals surface area contributed by atoms with Crippen LogP contribution in [0.25, 0.3) is 0 Å². The Morgan fingerprint density at radius 3 is 2.62 bits per heavy atom. The molecular formula is C10H10N2O4. The summed E-state index contributed by atoms with van der Waals surface area (Å²) in [6.07, 6.45) is 2.82. The lowest BCUT2D eigenvalue weighted by Crippen LogP contribution is -2.18. The molecule has 6 heteroatoms. The molecule has 0 aromatic carbocycles. The molecule has 1 aromatic rings. The van der Waals surface area contributed by atoms with Gasteiger partial charge >= 0.3 is 5.97 Å². The number of carboxylic acid groups (broad SMARTS) is 1. The van der Waals surface area contributed by atoms with Crippen LogP contribution in [0.5, 0.6) is 0 Å². The maximum absolute atomic E-state index is 10.9. The van der Waals surface area contributed by atoms with E-state index in [0.717, 1.165) is 6.20 Å². The monoisotopic (exact) mass is 222 g/mol. The Hall–Kier alpha value is -1.98. The molecule has 0 aliphatic heterocycles. The zero-order valence-electron chi connectivity index (χ0n) is 8.42. The first kappa shape index (κ1) is 10.5. The Labute approximate surface area is 91.1 Å². The Morgan fingerprint density at radius 2 is 2.25 bits per heavy atom.